The van der Waals surface area contributed by atoms with Gasteiger partial charge in [0.15, 0.2) is 0 Å². The Kier molecular flexibility index (Phi) is 3.61. The molecule has 0 bridgehead atoms. The second-order valence-electron chi connectivity index (χ2n) is 4.25. The Labute approximate surface area is 105 Å². The van der Waals surface area contributed by atoms with E-state index in [4.69, 9.17) is 0 Å². The summed E-state index contributed by atoms with van der Waals surface area (Å²) in [6.45, 7) is 2.47. The van der Waals surface area contributed by atoms with Gasteiger partial charge in [-0.15, -0.1) is 10.2 Å². The first-order chi connectivity index (χ1) is 8.20. The number of thioether (sulfide) groups is 1. The van der Waals surface area contributed by atoms with Crippen molar-refractivity contribution in [1.82, 2.24) is 20.5 Å². The van der Waals surface area contributed by atoms with Crippen LogP contribution in [0.15, 0.2) is 11.4 Å². The van der Waals surface area contributed by atoms with Gasteiger partial charge in [-0.1, -0.05) is 18.7 Å². The smallest absolute Gasteiger partial charge is 0.226 e. The zero-order valence-corrected chi connectivity index (χ0v) is 10.9. The summed E-state index contributed by atoms with van der Waals surface area (Å²) >= 11 is 1.45. The van der Waals surface area contributed by atoms with Crippen molar-refractivity contribution in [3.8, 4) is 0 Å². The molecule has 0 unspecified atom stereocenters. The lowest BCUT2D eigenvalue weighted by Crippen LogP contribution is -2.31. The molecule has 2 rings (SSSR count). The van der Waals surface area contributed by atoms with Gasteiger partial charge in [-0.25, -0.2) is 4.98 Å². The Bertz CT molecular complexity index is 402. The molecule has 1 aliphatic rings. The molecule has 17 heavy (non-hydrogen) atoms. The molecule has 1 aromatic rings. The van der Waals surface area contributed by atoms with E-state index in [9.17, 15) is 4.79 Å². The molecule has 1 amide bonds. The summed E-state index contributed by atoms with van der Waals surface area (Å²) in [6.07, 6.45) is 6.48. The molecule has 1 heterocycles. The van der Waals surface area contributed by atoms with Crippen molar-refractivity contribution in [1.29, 1.82) is 0 Å². The fourth-order valence-electron chi connectivity index (χ4n) is 1.71. The zero-order valence-electron chi connectivity index (χ0n) is 10.1. The first-order valence-corrected chi connectivity index (χ1v) is 6.93. The fraction of sp³-hybridized carbons (Fsp3) is 0.636. The third kappa shape index (κ3) is 2.74. The molecule has 0 saturated heterocycles. The number of nitrogens with one attached hydrogen (secondary N) is 1. The average molecular weight is 252 g/mol. The molecule has 0 radical (unpaired) electrons. The van der Waals surface area contributed by atoms with Crippen LogP contribution in [0.25, 0.3) is 0 Å². The summed E-state index contributed by atoms with van der Waals surface area (Å²) in [5.74, 6) is 0.135. The molecule has 1 N–H and O–H groups in total. The highest BCUT2D eigenvalue weighted by Gasteiger charge is 2.47. The van der Waals surface area contributed by atoms with Crippen LogP contribution in [-0.2, 0) is 11.3 Å². The quantitative estimate of drug-likeness (QED) is 0.802. The van der Waals surface area contributed by atoms with E-state index in [1.54, 1.807) is 6.20 Å². The van der Waals surface area contributed by atoms with E-state index in [0.29, 0.717) is 17.4 Å². The van der Waals surface area contributed by atoms with Crippen molar-refractivity contribution in [3.63, 3.8) is 0 Å². The zero-order chi connectivity index (χ0) is 12.3. The molecule has 5 nitrogen and oxygen atoms in total. The van der Waals surface area contributed by atoms with Crippen molar-refractivity contribution in [2.45, 2.75) is 37.9 Å². The predicted octanol–water partition coefficient (Wildman–Crippen LogP) is 1.40. The molecular weight excluding hydrogens is 236 g/mol. The van der Waals surface area contributed by atoms with Crippen molar-refractivity contribution < 1.29 is 4.79 Å². The van der Waals surface area contributed by atoms with Crippen LogP contribution in [0, 0.1) is 5.41 Å². The Balaban J connectivity index is 1.87. The van der Waals surface area contributed by atoms with E-state index in [-0.39, 0.29) is 11.3 Å². The molecule has 6 heteroatoms. The summed E-state index contributed by atoms with van der Waals surface area (Å²) in [5, 5.41) is 11.5. The maximum Gasteiger partial charge on any atom is 0.226 e. The topological polar surface area (TPSA) is 67.8 Å². The Morgan fingerprint density at radius 2 is 2.29 bits per heavy atom. The van der Waals surface area contributed by atoms with E-state index in [0.717, 1.165) is 19.3 Å². The van der Waals surface area contributed by atoms with Crippen LogP contribution in [0.5, 0.6) is 0 Å². The van der Waals surface area contributed by atoms with Gasteiger partial charge in [0.1, 0.15) is 5.69 Å². The van der Waals surface area contributed by atoms with Gasteiger partial charge in [0.2, 0.25) is 11.1 Å². The number of carbonyl (C=O) groups is 1. The molecular formula is C11H16N4OS. The Hall–Kier alpha value is -1.17. The first-order valence-electron chi connectivity index (χ1n) is 5.71. The van der Waals surface area contributed by atoms with E-state index >= 15 is 0 Å². The van der Waals surface area contributed by atoms with E-state index in [2.05, 4.69) is 27.4 Å². The van der Waals surface area contributed by atoms with Gasteiger partial charge >= 0.3 is 0 Å². The molecule has 0 atom stereocenters. The number of aromatic nitrogens is 3. The van der Waals surface area contributed by atoms with E-state index in [1.165, 1.54) is 11.8 Å². The maximum absolute atomic E-state index is 11.9. The van der Waals surface area contributed by atoms with Crippen LogP contribution < -0.4 is 5.32 Å². The fourth-order valence-corrected chi connectivity index (χ4v) is 1.99. The van der Waals surface area contributed by atoms with E-state index in [1.807, 2.05) is 6.26 Å². The van der Waals surface area contributed by atoms with E-state index < -0.39 is 0 Å². The summed E-state index contributed by atoms with van der Waals surface area (Å²) in [7, 11) is 0. The van der Waals surface area contributed by atoms with Crippen molar-refractivity contribution in [2.24, 2.45) is 5.41 Å². The number of hydrogen-bond donors (Lipinski definition) is 1. The molecule has 0 spiro atoms. The number of nitrogens with zero attached hydrogens (tertiary/aromatic N) is 3. The predicted molar refractivity (Wildman–Crippen MR) is 65.4 cm³/mol. The minimum Gasteiger partial charge on any atom is -0.350 e. The number of rotatable bonds is 5. The minimum atomic E-state index is -0.0972. The van der Waals surface area contributed by atoms with Gasteiger partial charge in [0, 0.05) is 5.41 Å². The van der Waals surface area contributed by atoms with Crippen LogP contribution in [0.3, 0.4) is 0 Å². The molecule has 1 fully saturated rings. The second-order valence-corrected chi connectivity index (χ2v) is 5.03. The molecule has 0 aromatic carbocycles. The van der Waals surface area contributed by atoms with Crippen LogP contribution in [0.1, 0.15) is 31.9 Å². The largest absolute Gasteiger partial charge is 0.350 e. The molecule has 1 aromatic heterocycles. The van der Waals surface area contributed by atoms with Gasteiger partial charge in [-0.3, -0.25) is 4.79 Å². The highest BCUT2D eigenvalue weighted by molar-refractivity contribution is 7.98. The lowest BCUT2D eigenvalue weighted by atomic mass is 10.0. The molecule has 1 saturated carbocycles. The lowest BCUT2D eigenvalue weighted by molar-refractivity contribution is -0.126. The van der Waals surface area contributed by atoms with Crippen LogP contribution in [0.4, 0.5) is 0 Å². The van der Waals surface area contributed by atoms with Crippen molar-refractivity contribution >= 4 is 17.7 Å². The second kappa shape index (κ2) is 5.00. The highest BCUT2D eigenvalue weighted by atomic mass is 32.2. The van der Waals surface area contributed by atoms with Gasteiger partial charge in [-0.2, -0.15) is 0 Å². The molecule has 1 aliphatic carbocycles. The van der Waals surface area contributed by atoms with Gasteiger partial charge in [-0.05, 0) is 25.5 Å². The monoisotopic (exact) mass is 252 g/mol. The summed E-state index contributed by atoms with van der Waals surface area (Å²) < 4.78 is 0. The Morgan fingerprint density at radius 1 is 1.53 bits per heavy atom. The summed E-state index contributed by atoms with van der Waals surface area (Å²) in [5.41, 5.74) is 0.600. The van der Waals surface area contributed by atoms with Crippen molar-refractivity contribution in [3.05, 3.63) is 11.9 Å². The maximum atomic E-state index is 11.9. The standard InChI is InChI=1S/C11H16N4OS/c1-3-11(4-5-11)9(16)12-6-8-7-13-10(17-2)15-14-8/h7H,3-6H2,1-2H3,(H,12,16). The van der Waals surface area contributed by atoms with Crippen LogP contribution in [-0.4, -0.2) is 27.3 Å². The number of carbonyl (C=O) groups excluding carboxylic acids is 1. The molecule has 92 valence electrons. The summed E-state index contributed by atoms with van der Waals surface area (Å²) in [4.78, 5) is 16.0. The molecule has 0 aliphatic heterocycles. The highest BCUT2D eigenvalue weighted by Crippen LogP contribution is 2.48. The normalized spacial score (nSPS) is 16.6. The van der Waals surface area contributed by atoms with Crippen molar-refractivity contribution in [2.75, 3.05) is 6.26 Å². The summed E-state index contributed by atoms with van der Waals surface area (Å²) in [6, 6.07) is 0. The third-order valence-electron chi connectivity index (χ3n) is 3.21. The first kappa shape index (κ1) is 12.3. The average Bonchev–Trinajstić information content (AvgIpc) is 3.17. The van der Waals surface area contributed by atoms with Crippen LogP contribution >= 0.6 is 11.8 Å². The van der Waals surface area contributed by atoms with Crippen LogP contribution in [0.2, 0.25) is 0 Å². The third-order valence-corrected chi connectivity index (χ3v) is 3.76. The SMILES string of the molecule is CCC1(C(=O)NCc2cnc(SC)nn2)CC1. The van der Waals surface area contributed by atoms with Gasteiger partial charge in [0.25, 0.3) is 0 Å². The Morgan fingerprint density at radius 3 is 2.76 bits per heavy atom. The van der Waals surface area contributed by atoms with Gasteiger partial charge < -0.3 is 5.32 Å². The number of hydrogen-bond acceptors (Lipinski definition) is 5. The number of amides is 1. The minimum absolute atomic E-state index is 0.0972. The van der Waals surface area contributed by atoms with Gasteiger partial charge in [0.05, 0.1) is 12.7 Å². The lowest BCUT2D eigenvalue weighted by Gasteiger charge is -2.11.